The van der Waals surface area contributed by atoms with Gasteiger partial charge in [-0.3, -0.25) is 4.79 Å². The standard InChI is InChI=1S/C24H23NO3/c1-18(20-12-6-3-7-13-20)25-23(26)17-28-24(27)22-15-9-8-14-21(22)16-19-10-4-2-5-11-19/h2-15,18H,16-17H2,1H3,(H,25,26)/t18-/m1/s1. The summed E-state index contributed by atoms with van der Waals surface area (Å²) in [7, 11) is 0. The van der Waals surface area contributed by atoms with E-state index >= 15 is 0 Å². The molecule has 3 aromatic rings. The number of carbonyl (C=O) groups excluding carboxylic acids is 2. The predicted molar refractivity (Wildman–Crippen MR) is 109 cm³/mol. The molecule has 28 heavy (non-hydrogen) atoms. The molecule has 0 aromatic heterocycles. The van der Waals surface area contributed by atoms with E-state index in [4.69, 9.17) is 4.74 Å². The quantitative estimate of drug-likeness (QED) is 0.628. The summed E-state index contributed by atoms with van der Waals surface area (Å²) in [4.78, 5) is 24.7. The van der Waals surface area contributed by atoms with Crippen molar-refractivity contribution in [3.63, 3.8) is 0 Å². The molecular weight excluding hydrogens is 350 g/mol. The van der Waals surface area contributed by atoms with Gasteiger partial charge in [0.15, 0.2) is 6.61 Å². The Morgan fingerprint density at radius 2 is 1.46 bits per heavy atom. The Balaban J connectivity index is 1.58. The van der Waals surface area contributed by atoms with Crippen molar-refractivity contribution in [1.82, 2.24) is 5.32 Å². The van der Waals surface area contributed by atoms with Gasteiger partial charge in [0.1, 0.15) is 0 Å². The second-order valence-corrected chi connectivity index (χ2v) is 6.60. The molecule has 0 aliphatic carbocycles. The zero-order chi connectivity index (χ0) is 19.8. The van der Waals surface area contributed by atoms with Crippen LogP contribution in [0.1, 0.15) is 40.0 Å². The highest BCUT2D eigenvalue weighted by molar-refractivity contribution is 5.92. The fraction of sp³-hybridized carbons (Fsp3) is 0.167. The Hall–Kier alpha value is -3.40. The Kier molecular flexibility index (Phi) is 6.58. The molecule has 1 atom stereocenters. The molecule has 3 rings (SSSR count). The fourth-order valence-corrected chi connectivity index (χ4v) is 3.01. The Morgan fingerprint density at radius 1 is 0.857 bits per heavy atom. The molecule has 3 aromatic carbocycles. The number of carbonyl (C=O) groups is 2. The number of hydrogen-bond donors (Lipinski definition) is 1. The summed E-state index contributed by atoms with van der Waals surface area (Å²) in [6.07, 6.45) is 0.628. The van der Waals surface area contributed by atoms with Gasteiger partial charge >= 0.3 is 5.97 Å². The van der Waals surface area contributed by atoms with E-state index in [1.807, 2.05) is 79.7 Å². The number of benzene rings is 3. The smallest absolute Gasteiger partial charge is 0.338 e. The minimum absolute atomic E-state index is 0.155. The number of hydrogen-bond acceptors (Lipinski definition) is 3. The van der Waals surface area contributed by atoms with Gasteiger partial charge in [0.2, 0.25) is 0 Å². The van der Waals surface area contributed by atoms with Gasteiger partial charge in [-0.15, -0.1) is 0 Å². The van der Waals surface area contributed by atoms with Gasteiger partial charge in [0.05, 0.1) is 11.6 Å². The number of ether oxygens (including phenoxy) is 1. The number of amides is 1. The van der Waals surface area contributed by atoms with Crippen molar-refractivity contribution in [2.45, 2.75) is 19.4 Å². The van der Waals surface area contributed by atoms with Crippen LogP contribution in [0.4, 0.5) is 0 Å². The summed E-state index contributed by atoms with van der Waals surface area (Å²) >= 11 is 0. The summed E-state index contributed by atoms with van der Waals surface area (Å²) < 4.78 is 5.25. The third-order valence-electron chi connectivity index (χ3n) is 4.49. The van der Waals surface area contributed by atoms with Crippen LogP contribution in [0.5, 0.6) is 0 Å². The molecule has 1 amide bonds. The molecule has 0 unspecified atom stereocenters. The minimum atomic E-state index is -0.492. The molecule has 0 aliphatic rings. The largest absolute Gasteiger partial charge is 0.452 e. The second kappa shape index (κ2) is 9.51. The van der Waals surface area contributed by atoms with E-state index < -0.39 is 5.97 Å². The molecule has 0 aliphatic heterocycles. The molecule has 142 valence electrons. The van der Waals surface area contributed by atoms with Crippen molar-refractivity contribution >= 4 is 11.9 Å². The molecule has 1 N–H and O–H groups in total. The van der Waals surface area contributed by atoms with E-state index in [2.05, 4.69) is 5.32 Å². The van der Waals surface area contributed by atoms with Gasteiger partial charge in [0, 0.05) is 0 Å². The van der Waals surface area contributed by atoms with Crippen LogP contribution in [-0.2, 0) is 16.0 Å². The van der Waals surface area contributed by atoms with Crippen molar-refractivity contribution in [3.8, 4) is 0 Å². The van der Waals surface area contributed by atoms with Gasteiger partial charge < -0.3 is 10.1 Å². The van der Waals surface area contributed by atoms with Gasteiger partial charge in [-0.2, -0.15) is 0 Å². The highest BCUT2D eigenvalue weighted by Crippen LogP contribution is 2.16. The van der Waals surface area contributed by atoms with E-state index in [0.717, 1.165) is 16.7 Å². The highest BCUT2D eigenvalue weighted by atomic mass is 16.5. The molecule has 0 heterocycles. The molecule has 0 fully saturated rings. The van der Waals surface area contributed by atoms with E-state index in [0.29, 0.717) is 12.0 Å². The van der Waals surface area contributed by atoms with Crippen LogP contribution in [0.3, 0.4) is 0 Å². The van der Waals surface area contributed by atoms with Crippen LogP contribution < -0.4 is 5.32 Å². The summed E-state index contributed by atoms with van der Waals surface area (Å²) in [6.45, 7) is 1.58. The van der Waals surface area contributed by atoms with E-state index in [9.17, 15) is 9.59 Å². The van der Waals surface area contributed by atoms with Crippen LogP contribution >= 0.6 is 0 Å². The summed E-state index contributed by atoms with van der Waals surface area (Å²) in [6, 6.07) is 26.7. The molecule has 4 nitrogen and oxygen atoms in total. The maximum Gasteiger partial charge on any atom is 0.338 e. The van der Waals surface area contributed by atoms with Gasteiger partial charge in [-0.1, -0.05) is 78.9 Å². The molecule has 0 saturated carbocycles. The number of rotatable bonds is 7. The topological polar surface area (TPSA) is 55.4 Å². The molecule has 0 bridgehead atoms. The van der Waals surface area contributed by atoms with E-state index in [1.54, 1.807) is 12.1 Å². The normalized spacial score (nSPS) is 11.5. The Labute approximate surface area is 165 Å². The van der Waals surface area contributed by atoms with Crippen LogP contribution in [0.25, 0.3) is 0 Å². The molecular formula is C24H23NO3. The molecule has 4 heteroatoms. The number of esters is 1. The SMILES string of the molecule is C[C@@H](NC(=O)COC(=O)c1ccccc1Cc1ccccc1)c1ccccc1. The first-order chi connectivity index (χ1) is 13.6. The van der Waals surface area contributed by atoms with Crippen LogP contribution in [0, 0.1) is 0 Å². The predicted octanol–water partition coefficient (Wildman–Crippen LogP) is 4.31. The first-order valence-corrected chi connectivity index (χ1v) is 9.27. The first kappa shape index (κ1) is 19.4. The van der Waals surface area contributed by atoms with Gasteiger partial charge in [-0.05, 0) is 36.1 Å². The monoisotopic (exact) mass is 373 g/mol. The summed E-state index contributed by atoms with van der Waals surface area (Å²) in [5, 5.41) is 2.84. The third kappa shape index (κ3) is 5.30. The first-order valence-electron chi connectivity index (χ1n) is 9.27. The molecule has 0 radical (unpaired) electrons. The Bertz CT molecular complexity index is 923. The average molecular weight is 373 g/mol. The minimum Gasteiger partial charge on any atom is -0.452 e. The lowest BCUT2D eigenvalue weighted by Crippen LogP contribution is -2.31. The Morgan fingerprint density at radius 3 is 2.18 bits per heavy atom. The fourth-order valence-electron chi connectivity index (χ4n) is 3.01. The van der Waals surface area contributed by atoms with Crippen molar-refractivity contribution < 1.29 is 14.3 Å². The average Bonchev–Trinajstić information content (AvgIpc) is 2.74. The van der Waals surface area contributed by atoms with Crippen LogP contribution in [-0.4, -0.2) is 18.5 Å². The summed E-state index contributed by atoms with van der Waals surface area (Å²) in [5.41, 5.74) is 3.46. The molecule has 0 saturated heterocycles. The lowest BCUT2D eigenvalue weighted by Gasteiger charge is -2.15. The van der Waals surface area contributed by atoms with Gasteiger partial charge in [0.25, 0.3) is 5.91 Å². The van der Waals surface area contributed by atoms with Crippen molar-refractivity contribution in [3.05, 3.63) is 107 Å². The van der Waals surface area contributed by atoms with E-state index in [-0.39, 0.29) is 18.6 Å². The lowest BCUT2D eigenvalue weighted by molar-refractivity contribution is -0.124. The van der Waals surface area contributed by atoms with E-state index in [1.165, 1.54) is 0 Å². The second-order valence-electron chi connectivity index (χ2n) is 6.60. The van der Waals surface area contributed by atoms with Crippen molar-refractivity contribution in [1.29, 1.82) is 0 Å². The van der Waals surface area contributed by atoms with Crippen LogP contribution in [0.15, 0.2) is 84.9 Å². The summed E-state index contributed by atoms with van der Waals surface area (Å²) in [5.74, 6) is -0.820. The van der Waals surface area contributed by atoms with Crippen molar-refractivity contribution in [2.24, 2.45) is 0 Å². The van der Waals surface area contributed by atoms with Crippen molar-refractivity contribution in [2.75, 3.05) is 6.61 Å². The number of nitrogens with one attached hydrogen (secondary N) is 1. The maximum absolute atomic E-state index is 12.5. The maximum atomic E-state index is 12.5. The molecule has 0 spiro atoms. The van der Waals surface area contributed by atoms with Crippen LogP contribution in [0.2, 0.25) is 0 Å². The third-order valence-corrected chi connectivity index (χ3v) is 4.49. The zero-order valence-corrected chi connectivity index (χ0v) is 15.8. The highest BCUT2D eigenvalue weighted by Gasteiger charge is 2.15. The van der Waals surface area contributed by atoms with Gasteiger partial charge in [-0.25, -0.2) is 4.79 Å². The zero-order valence-electron chi connectivity index (χ0n) is 15.8. The lowest BCUT2D eigenvalue weighted by atomic mass is 10.00.